The zero-order chi connectivity index (χ0) is 11.6. The van der Waals surface area contributed by atoms with E-state index in [1.54, 1.807) is 12.1 Å². The molecular formula is C12H18ClF2N. The smallest absolute Gasteiger partial charge is 0.163 e. The number of halogens is 3. The van der Waals surface area contributed by atoms with Gasteiger partial charge in [-0.2, -0.15) is 0 Å². The first-order valence-electron chi connectivity index (χ1n) is 5.19. The van der Waals surface area contributed by atoms with Gasteiger partial charge < -0.3 is 5.73 Å². The monoisotopic (exact) mass is 249 g/mol. The lowest BCUT2D eigenvalue weighted by atomic mass is 9.92. The minimum absolute atomic E-state index is 0. The minimum Gasteiger partial charge on any atom is -0.324 e. The first-order chi connectivity index (χ1) is 6.99. The summed E-state index contributed by atoms with van der Waals surface area (Å²) in [6.45, 7) is 5.45. The Hall–Kier alpha value is -0.670. The molecule has 1 nitrogen and oxygen atoms in total. The van der Waals surface area contributed by atoms with Crippen LogP contribution in [0.3, 0.4) is 0 Å². The minimum atomic E-state index is -0.803. The molecule has 0 bridgehead atoms. The molecule has 0 spiro atoms. The summed E-state index contributed by atoms with van der Waals surface area (Å²) in [5, 5.41) is 0. The van der Waals surface area contributed by atoms with Gasteiger partial charge in [0, 0.05) is 11.6 Å². The van der Waals surface area contributed by atoms with Gasteiger partial charge in [-0.1, -0.05) is 32.4 Å². The summed E-state index contributed by atoms with van der Waals surface area (Å²) in [5.74, 6) is -1.45. The van der Waals surface area contributed by atoms with Gasteiger partial charge in [-0.3, -0.25) is 0 Å². The van der Waals surface area contributed by atoms with E-state index in [9.17, 15) is 8.78 Å². The second kappa shape index (κ2) is 6.16. The summed E-state index contributed by atoms with van der Waals surface area (Å²) in [6.07, 6.45) is 0.843. The third kappa shape index (κ3) is 2.92. The van der Waals surface area contributed by atoms with E-state index in [-0.39, 0.29) is 23.9 Å². The van der Waals surface area contributed by atoms with Gasteiger partial charge in [0.25, 0.3) is 0 Å². The highest BCUT2D eigenvalue weighted by atomic mass is 35.5. The van der Waals surface area contributed by atoms with Gasteiger partial charge in [0.2, 0.25) is 0 Å². The van der Waals surface area contributed by atoms with E-state index >= 15 is 0 Å². The molecule has 0 aliphatic heterocycles. The Labute approximate surface area is 101 Å². The molecule has 0 amide bonds. The van der Waals surface area contributed by atoms with Crippen LogP contribution in [0.25, 0.3) is 0 Å². The fourth-order valence-corrected chi connectivity index (χ4v) is 1.48. The van der Waals surface area contributed by atoms with E-state index in [0.717, 1.165) is 6.42 Å². The topological polar surface area (TPSA) is 26.0 Å². The highest BCUT2D eigenvalue weighted by molar-refractivity contribution is 5.85. The maximum absolute atomic E-state index is 13.6. The zero-order valence-electron chi connectivity index (χ0n) is 9.76. The van der Waals surface area contributed by atoms with E-state index in [0.29, 0.717) is 5.56 Å². The SMILES string of the molecule is CCC(C)[C@H](N)c1ccc(C)c(F)c1F.Cl. The van der Waals surface area contributed by atoms with Crippen LogP contribution in [0.2, 0.25) is 0 Å². The third-order valence-electron chi connectivity index (χ3n) is 2.92. The van der Waals surface area contributed by atoms with E-state index in [1.165, 1.54) is 6.92 Å². The Balaban J connectivity index is 0.00000225. The molecule has 4 heteroatoms. The van der Waals surface area contributed by atoms with Gasteiger partial charge in [0.05, 0.1) is 0 Å². The van der Waals surface area contributed by atoms with Gasteiger partial charge >= 0.3 is 0 Å². The fraction of sp³-hybridized carbons (Fsp3) is 0.500. The first kappa shape index (κ1) is 15.3. The van der Waals surface area contributed by atoms with Crippen LogP contribution in [0.1, 0.15) is 37.4 Å². The van der Waals surface area contributed by atoms with Gasteiger partial charge in [-0.15, -0.1) is 12.4 Å². The Kier molecular flexibility index (Phi) is 5.90. The van der Waals surface area contributed by atoms with Crippen LogP contribution < -0.4 is 5.73 Å². The number of nitrogens with two attached hydrogens (primary N) is 1. The van der Waals surface area contributed by atoms with Crippen molar-refractivity contribution in [3.63, 3.8) is 0 Å². The van der Waals surface area contributed by atoms with Crippen LogP contribution >= 0.6 is 12.4 Å². The summed E-state index contributed by atoms with van der Waals surface area (Å²) in [7, 11) is 0. The summed E-state index contributed by atoms with van der Waals surface area (Å²) in [6, 6.07) is 2.70. The molecule has 0 aliphatic rings. The molecule has 1 aromatic rings. The van der Waals surface area contributed by atoms with E-state index in [1.807, 2.05) is 13.8 Å². The van der Waals surface area contributed by atoms with Gasteiger partial charge in [-0.25, -0.2) is 8.78 Å². The van der Waals surface area contributed by atoms with Gasteiger partial charge in [0.1, 0.15) is 0 Å². The van der Waals surface area contributed by atoms with Crippen molar-refractivity contribution >= 4 is 12.4 Å². The van der Waals surface area contributed by atoms with E-state index in [4.69, 9.17) is 5.73 Å². The highest BCUT2D eigenvalue weighted by Crippen LogP contribution is 2.26. The summed E-state index contributed by atoms with van der Waals surface area (Å²) < 4.78 is 26.8. The molecule has 1 rings (SSSR count). The van der Waals surface area contributed by atoms with E-state index in [2.05, 4.69) is 0 Å². The van der Waals surface area contributed by atoms with Crippen LogP contribution in [-0.4, -0.2) is 0 Å². The normalized spacial score (nSPS) is 14.1. The molecule has 0 saturated heterocycles. The molecule has 0 radical (unpaired) electrons. The summed E-state index contributed by atoms with van der Waals surface area (Å²) in [5.41, 5.74) is 6.45. The predicted molar refractivity (Wildman–Crippen MR) is 64.7 cm³/mol. The molecule has 0 heterocycles. The number of benzene rings is 1. The number of rotatable bonds is 3. The Morgan fingerprint density at radius 3 is 2.31 bits per heavy atom. The lowest BCUT2D eigenvalue weighted by Crippen LogP contribution is -2.20. The molecule has 0 aliphatic carbocycles. The molecule has 0 fully saturated rings. The zero-order valence-corrected chi connectivity index (χ0v) is 10.6. The van der Waals surface area contributed by atoms with E-state index < -0.39 is 17.7 Å². The molecule has 92 valence electrons. The van der Waals surface area contributed by atoms with Crippen LogP contribution in [0.15, 0.2) is 12.1 Å². The van der Waals surface area contributed by atoms with Crippen LogP contribution in [0, 0.1) is 24.5 Å². The standard InChI is InChI=1S/C12H17F2N.ClH/c1-4-7(2)12(15)9-6-5-8(3)10(13)11(9)14;/h5-7,12H,4,15H2,1-3H3;1H/t7?,12-;/m0./s1. The van der Waals surface area contributed by atoms with Crippen LogP contribution in [0.5, 0.6) is 0 Å². The van der Waals surface area contributed by atoms with Gasteiger partial charge in [-0.05, 0) is 18.4 Å². The molecular weight excluding hydrogens is 232 g/mol. The van der Waals surface area contributed by atoms with Crippen molar-refractivity contribution in [3.05, 3.63) is 34.9 Å². The molecule has 1 aromatic carbocycles. The average Bonchev–Trinajstić information content (AvgIpc) is 2.24. The van der Waals surface area contributed by atoms with Crippen molar-refractivity contribution in [2.24, 2.45) is 11.7 Å². The largest absolute Gasteiger partial charge is 0.324 e. The van der Waals surface area contributed by atoms with Crippen LogP contribution in [-0.2, 0) is 0 Å². The highest BCUT2D eigenvalue weighted by Gasteiger charge is 2.20. The summed E-state index contributed by atoms with van der Waals surface area (Å²) in [4.78, 5) is 0. The Morgan fingerprint density at radius 1 is 1.25 bits per heavy atom. The molecule has 0 saturated carbocycles. The molecule has 16 heavy (non-hydrogen) atoms. The van der Waals surface area contributed by atoms with Crippen LogP contribution in [0.4, 0.5) is 8.78 Å². The molecule has 0 aromatic heterocycles. The lowest BCUT2D eigenvalue weighted by molar-refractivity contribution is 0.422. The predicted octanol–water partition coefficient (Wildman–Crippen LogP) is 3.74. The first-order valence-corrected chi connectivity index (χ1v) is 5.19. The fourth-order valence-electron chi connectivity index (χ4n) is 1.48. The lowest BCUT2D eigenvalue weighted by Gasteiger charge is -2.19. The Bertz CT molecular complexity index is 355. The molecule has 2 N–H and O–H groups in total. The number of hydrogen-bond acceptors (Lipinski definition) is 1. The molecule has 2 atom stereocenters. The van der Waals surface area contributed by atoms with Crippen molar-refractivity contribution in [2.75, 3.05) is 0 Å². The maximum Gasteiger partial charge on any atom is 0.163 e. The third-order valence-corrected chi connectivity index (χ3v) is 2.92. The second-order valence-corrected chi connectivity index (χ2v) is 4.01. The average molecular weight is 250 g/mol. The quantitative estimate of drug-likeness (QED) is 0.868. The summed E-state index contributed by atoms with van der Waals surface area (Å²) >= 11 is 0. The Morgan fingerprint density at radius 2 is 1.81 bits per heavy atom. The van der Waals surface area contributed by atoms with Gasteiger partial charge in [0.15, 0.2) is 11.6 Å². The number of hydrogen-bond donors (Lipinski definition) is 1. The van der Waals surface area contributed by atoms with Crippen molar-refractivity contribution in [2.45, 2.75) is 33.2 Å². The maximum atomic E-state index is 13.6. The molecule has 1 unspecified atom stereocenters. The van der Waals surface area contributed by atoms with Crippen molar-refractivity contribution in [1.29, 1.82) is 0 Å². The number of aryl methyl sites for hydroxylation is 1. The van der Waals surface area contributed by atoms with Crippen molar-refractivity contribution in [3.8, 4) is 0 Å². The van der Waals surface area contributed by atoms with Crippen molar-refractivity contribution in [1.82, 2.24) is 0 Å². The second-order valence-electron chi connectivity index (χ2n) is 4.01. The van der Waals surface area contributed by atoms with Crippen molar-refractivity contribution < 1.29 is 8.78 Å².